The fraction of sp³-hybridized carbons (Fsp3) is 0.111. The van der Waals surface area contributed by atoms with Crippen molar-refractivity contribution in [1.82, 2.24) is 0 Å². The van der Waals surface area contributed by atoms with Crippen LogP contribution in [0.1, 0.15) is 33.7 Å². The lowest BCUT2D eigenvalue weighted by atomic mass is 9.80. The van der Waals surface area contributed by atoms with E-state index in [9.17, 15) is 0 Å². The Bertz CT molecular complexity index is 1940. The van der Waals surface area contributed by atoms with Crippen molar-refractivity contribution in [1.29, 1.82) is 0 Å². The van der Waals surface area contributed by atoms with Crippen molar-refractivity contribution in [2.45, 2.75) is 25.9 Å². The Morgan fingerprint density at radius 2 is 1.29 bits per heavy atom. The Labute approximate surface area is 221 Å². The molecule has 0 bridgehead atoms. The van der Waals surface area contributed by atoms with Gasteiger partial charge in [0.05, 0.1) is 5.92 Å². The van der Waals surface area contributed by atoms with Gasteiger partial charge >= 0.3 is 0 Å². The second-order valence-electron chi connectivity index (χ2n) is 10.7. The Morgan fingerprint density at radius 1 is 0.605 bits per heavy atom. The van der Waals surface area contributed by atoms with Gasteiger partial charge in [0.15, 0.2) is 0 Å². The van der Waals surface area contributed by atoms with E-state index in [-0.39, 0.29) is 12.0 Å². The lowest BCUT2D eigenvalue weighted by molar-refractivity contribution is 0.267. The third-order valence-electron chi connectivity index (χ3n) is 8.14. The summed E-state index contributed by atoms with van der Waals surface area (Å²) in [5, 5.41) is 2.35. The van der Waals surface area contributed by atoms with E-state index in [4.69, 9.17) is 9.15 Å². The van der Waals surface area contributed by atoms with Crippen LogP contribution in [0.25, 0.3) is 50.3 Å². The summed E-state index contributed by atoms with van der Waals surface area (Å²) in [5.74, 6) is 1.16. The topological polar surface area (TPSA) is 22.4 Å². The molecular formula is C36H26O2. The van der Waals surface area contributed by atoms with Gasteiger partial charge in [-0.05, 0) is 77.6 Å². The number of ether oxygens (including phenoxy) is 1. The van der Waals surface area contributed by atoms with Crippen LogP contribution in [0.3, 0.4) is 0 Å². The van der Waals surface area contributed by atoms with E-state index < -0.39 is 0 Å². The van der Waals surface area contributed by atoms with Crippen LogP contribution in [0.4, 0.5) is 0 Å². The summed E-state index contributed by atoms with van der Waals surface area (Å²) < 4.78 is 12.9. The van der Waals surface area contributed by atoms with E-state index in [0.29, 0.717) is 0 Å². The molecule has 0 amide bonds. The molecule has 2 nitrogen and oxygen atoms in total. The molecule has 0 spiro atoms. The predicted molar refractivity (Wildman–Crippen MR) is 156 cm³/mol. The molecule has 0 saturated heterocycles. The fourth-order valence-electron chi connectivity index (χ4n) is 6.34. The molecule has 2 heteroatoms. The Balaban J connectivity index is 1.24. The van der Waals surface area contributed by atoms with Crippen LogP contribution < -0.4 is 4.74 Å². The third kappa shape index (κ3) is 3.20. The number of hydrogen-bond donors (Lipinski definition) is 0. The second kappa shape index (κ2) is 7.97. The van der Waals surface area contributed by atoms with Crippen molar-refractivity contribution in [2.75, 3.05) is 0 Å². The zero-order chi connectivity index (χ0) is 25.4. The van der Waals surface area contributed by atoms with Gasteiger partial charge in [-0.25, -0.2) is 0 Å². The molecule has 0 saturated carbocycles. The summed E-state index contributed by atoms with van der Waals surface area (Å²) in [6, 6.07) is 34.9. The van der Waals surface area contributed by atoms with Crippen molar-refractivity contribution in [3.63, 3.8) is 0 Å². The second-order valence-corrected chi connectivity index (χ2v) is 10.7. The van der Waals surface area contributed by atoms with Gasteiger partial charge in [0.25, 0.3) is 0 Å². The minimum atomic E-state index is 0.00815. The van der Waals surface area contributed by atoms with Crippen LogP contribution in [0.2, 0.25) is 0 Å². The minimum absolute atomic E-state index is 0.00815. The summed E-state index contributed by atoms with van der Waals surface area (Å²) in [5.41, 5.74) is 13.0. The van der Waals surface area contributed by atoms with Crippen LogP contribution in [0.15, 0.2) is 108 Å². The lowest BCUT2D eigenvalue weighted by Crippen LogP contribution is -2.20. The molecule has 2 atom stereocenters. The smallest absolute Gasteiger partial charge is 0.136 e. The molecule has 2 aliphatic rings. The van der Waals surface area contributed by atoms with Crippen molar-refractivity contribution >= 4 is 28.0 Å². The SMILES string of the molecule is Cc1cccc(-c2ccc3c(c2)OC2C=Cc4c(ccc5oc6cc(-c7cccc(C)c7)ccc6c45)C32)c1. The van der Waals surface area contributed by atoms with Crippen molar-refractivity contribution in [2.24, 2.45) is 0 Å². The molecule has 38 heavy (non-hydrogen) atoms. The van der Waals surface area contributed by atoms with Crippen molar-refractivity contribution < 1.29 is 9.15 Å². The highest BCUT2D eigenvalue weighted by atomic mass is 16.5. The third-order valence-corrected chi connectivity index (χ3v) is 8.14. The maximum Gasteiger partial charge on any atom is 0.136 e. The summed E-state index contributed by atoms with van der Waals surface area (Å²) in [4.78, 5) is 0. The van der Waals surface area contributed by atoms with Crippen molar-refractivity contribution in [3.8, 4) is 28.0 Å². The molecule has 6 aromatic rings. The molecule has 5 aromatic carbocycles. The molecule has 0 fully saturated rings. The summed E-state index contributed by atoms with van der Waals surface area (Å²) in [6.07, 6.45) is 4.46. The number of furan rings is 1. The quantitative estimate of drug-likeness (QED) is 0.241. The standard InChI is InChI=1S/C36H26O2/c1-21-5-3-7-23(17-21)25-9-11-29-33(19-25)37-31-15-13-28-27(35(29)31)14-16-32-36(28)30-12-10-26(20-34(30)38-32)24-8-4-6-22(2)18-24/h3-20,31,35H,1-2H3. The number of hydrogen-bond acceptors (Lipinski definition) is 2. The number of aryl methyl sites for hydroxylation is 2. The van der Waals surface area contributed by atoms with Crippen LogP contribution in [0, 0.1) is 13.8 Å². The number of fused-ring (bicyclic) bond motifs is 9. The largest absolute Gasteiger partial charge is 0.485 e. The van der Waals surface area contributed by atoms with Crippen LogP contribution in [-0.4, -0.2) is 6.10 Å². The first-order valence-corrected chi connectivity index (χ1v) is 13.2. The van der Waals surface area contributed by atoms with Crippen LogP contribution in [-0.2, 0) is 0 Å². The first kappa shape index (κ1) is 21.5. The highest BCUT2D eigenvalue weighted by Crippen LogP contribution is 2.49. The average Bonchev–Trinajstić information content (AvgIpc) is 3.50. The van der Waals surface area contributed by atoms with E-state index in [0.717, 1.165) is 22.3 Å². The maximum absolute atomic E-state index is 6.51. The Hall–Kier alpha value is -4.56. The molecule has 0 N–H and O–H groups in total. The van der Waals surface area contributed by atoms with Gasteiger partial charge in [0.2, 0.25) is 0 Å². The summed E-state index contributed by atoms with van der Waals surface area (Å²) in [6.45, 7) is 4.26. The van der Waals surface area contributed by atoms with Crippen molar-refractivity contribution in [3.05, 3.63) is 131 Å². The molecule has 2 unspecified atom stereocenters. The highest BCUT2D eigenvalue weighted by Gasteiger charge is 2.38. The van der Waals surface area contributed by atoms with Gasteiger partial charge in [0.1, 0.15) is 23.0 Å². The van der Waals surface area contributed by atoms with Gasteiger partial charge in [-0.2, -0.15) is 0 Å². The fourth-order valence-corrected chi connectivity index (χ4v) is 6.34. The average molecular weight is 491 g/mol. The van der Waals surface area contributed by atoms with E-state index in [1.54, 1.807) is 0 Å². The number of rotatable bonds is 2. The molecule has 0 radical (unpaired) electrons. The van der Waals surface area contributed by atoms with E-state index in [1.165, 1.54) is 55.5 Å². The van der Waals surface area contributed by atoms with Gasteiger partial charge < -0.3 is 9.15 Å². The van der Waals surface area contributed by atoms with Gasteiger partial charge in [-0.15, -0.1) is 0 Å². The van der Waals surface area contributed by atoms with Crippen LogP contribution in [0.5, 0.6) is 5.75 Å². The zero-order valence-electron chi connectivity index (χ0n) is 21.4. The van der Waals surface area contributed by atoms with Crippen LogP contribution >= 0.6 is 0 Å². The zero-order valence-corrected chi connectivity index (χ0v) is 21.4. The van der Waals surface area contributed by atoms with Gasteiger partial charge in [-0.1, -0.05) is 90.0 Å². The normalized spacial score (nSPS) is 17.3. The monoisotopic (exact) mass is 490 g/mol. The minimum Gasteiger partial charge on any atom is -0.485 e. The van der Waals surface area contributed by atoms with Gasteiger partial charge in [0, 0.05) is 16.3 Å². The van der Waals surface area contributed by atoms with E-state index in [2.05, 4.69) is 123 Å². The van der Waals surface area contributed by atoms with E-state index in [1.807, 2.05) is 0 Å². The molecule has 1 aliphatic carbocycles. The lowest BCUT2D eigenvalue weighted by Gasteiger charge is -2.23. The molecule has 182 valence electrons. The molecule has 8 rings (SSSR count). The maximum atomic E-state index is 6.51. The number of benzene rings is 5. The predicted octanol–water partition coefficient (Wildman–Crippen LogP) is 9.46. The molecular weight excluding hydrogens is 464 g/mol. The molecule has 1 aliphatic heterocycles. The first-order chi connectivity index (χ1) is 18.6. The van der Waals surface area contributed by atoms with E-state index >= 15 is 0 Å². The Morgan fingerprint density at radius 3 is 2.05 bits per heavy atom. The molecule has 2 heterocycles. The highest BCUT2D eigenvalue weighted by molar-refractivity contribution is 6.10. The first-order valence-electron chi connectivity index (χ1n) is 13.2. The molecule has 1 aromatic heterocycles. The summed E-state index contributed by atoms with van der Waals surface area (Å²) in [7, 11) is 0. The van der Waals surface area contributed by atoms with Gasteiger partial charge in [-0.3, -0.25) is 0 Å². The summed E-state index contributed by atoms with van der Waals surface area (Å²) >= 11 is 0. The Kier molecular flexibility index (Phi) is 4.51.